The Morgan fingerprint density at radius 1 is 1.29 bits per heavy atom. The zero-order chi connectivity index (χ0) is 15.2. The number of aryl methyl sites for hydroxylation is 1. The van der Waals surface area contributed by atoms with Crippen LogP contribution in [0.1, 0.15) is 27.7 Å². The molecule has 0 saturated carbocycles. The summed E-state index contributed by atoms with van der Waals surface area (Å²) < 4.78 is 1.12. The molecular weight excluding hydrogens is 348 g/mol. The van der Waals surface area contributed by atoms with Gasteiger partial charge in [0.1, 0.15) is 0 Å². The average Bonchev–Trinajstić information content (AvgIpc) is 2.85. The zero-order valence-corrected chi connectivity index (χ0v) is 14.6. The third kappa shape index (κ3) is 4.58. The molecule has 0 aliphatic heterocycles. The molecule has 2 rings (SSSR count). The van der Waals surface area contributed by atoms with Crippen LogP contribution in [-0.2, 0) is 6.42 Å². The fourth-order valence-corrected chi connectivity index (χ4v) is 3.56. The minimum absolute atomic E-state index is 0.0263. The van der Waals surface area contributed by atoms with Crippen LogP contribution in [0.25, 0.3) is 0 Å². The first-order chi connectivity index (χ1) is 10.1. The normalized spacial score (nSPS) is 10.4. The van der Waals surface area contributed by atoms with E-state index < -0.39 is 0 Å². The van der Waals surface area contributed by atoms with E-state index in [2.05, 4.69) is 32.6 Å². The molecule has 0 radical (unpaired) electrons. The third-order valence-electron chi connectivity index (χ3n) is 3.07. The lowest BCUT2D eigenvalue weighted by molar-refractivity contribution is 0.0955. The minimum Gasteiger partial charge on any atom is -0.385 e. The Hall–Kier alpha value is -1.33. The molecule has 0 spiro atoms. The number of amides is 1. The Morgan fingerprint density at radius 3 is 2.76 bits per heavy atom. The van der Waals surface area contributed by atoms with Crippen molar-refractivity contribution in [2.45, 2.75) is 20.3 Å². The molecule has 1 heterocycles. The summed E-state index contributed by atoms with van der Waals surface area (Å²) in [6.45, 7) is 5.49. The standard InChI is InChI=1S/C16H19BrN2OS/c1-3-18-14-10-11(2)4-6-13(14)16(20)19-9-8-12-5-7-15(17)21-12/h4-7,10,18H,3,8-9H2,1-2H3,(H,19,20). The van der Waals surface area contributed by atoms with Gasteiger partial charge in [-0.1, -0.05) is 6.07 Å². The third-order valence-corrected chi connectivity index (χ3v) is 4.76. The molecule has 1 aromatic heterocycles. The second kappa shape index (κ2) is 7.61. The molecule has 3 nitrogen and oxygen atoms in total. The minimum atomic E-state index is -0.0263. The Balaban J connectivity index is 1.96. The van der Waals surface area contributed by atoms with Crippen LogP contribution in [0.5, 0.6) is 0 Å². The van der Waals surface area contributed by atoms with E-state index in [0.717, 1.165) is 28.0 Å². The van der Waals surface area contributed by atoms with Gasteiger partial charge in [0.25, 0.3) is 5.91 Å². The zero-order valence-electron chi connectivity index (χ0n) is 12.2. The molecule has 0 unspecified atom stereocenters. The largest absolute Gasteiger partial charge is 0.385 e. The van der Waals surface area contributed by atoms with Gasteiger partial charge in [0.05, 0.1) is 9.35 Å². The maximum absolute atomic E-state index is 12.3. The van der Waals surface area contributed by atoms with Crippen LogP contribution in [0.2, 0.25) is 0 Å². The summed E-state index contributed by atoms with van der Waals surface area (Å²) in [6, 6.07) is 9.97. The number of hydrogen-bond acceptors (Lipinski definition) is 3. The second-order valence-electron chi connectivity index (χ2n) is 4.79. The Kier molecular flexibility index (Phi) is 5.82. The Labute approximate surface area is 137 Å². The van der Waals surface area contributed by atoms with Gasteiger partial charge in [0, 0.05) is 23.7 Å². The van der Waals surface area contributed by atoms with E-state index in [4.69, 9.17) is 0 Å². The summed E-state index contributed by atoms with van der Waals surface area (Å²) >= 11 is 5.15. The van der Waals surface area contributed by atoms with Crippen molar-refractivity contribution < 1.29 is 4.79 Å². The summed E-state index contributed by atoms with van der Waals surface area (Å²) in [5.41, 5.74) is 2.75. The van der Waals surface area contributed by atoms with Crippen LogP contribution in [-0.4, -0.2) is 19.0 Å². The quantitative estimate of drug-likeness (QED) is 0.803. The fourth-order valence-electron chi connectivity index (χ4n) is 2.07. The first-order valence-electron chi connectivity index (χ1n) is 6.97. The highest BCUT2D eigenvalue weighted by atomic mass is 79.9. The summed E-state index contributed by atoms with van der Waals surface area (Å²) in [7, 11) is 0. The van der Waals surface area contributed by atoms with Crippen molar-refractivity contribution in [1.82, 2.24) is 5.32 Å². The molecule has 2 aromatic rings. The predicted octanol–water partition coefficient (Wildman–Crippen LogP) is 4.22. The van der Waals surface area contributed by atoms with E-state index in [-0.39, 0.29) is 5.91 Å². The maximum atomic E-state index is 12.3. The van der Waals surface area contributed by atoms with Crippen LogP contribution in [0.3, 0.4) is 0 Å². The van der Waals surface area contributed by atoms with Crippen LogP contribution < -0.4 is 10.6 Å². The molecule has 112 valence electrons. The fraction of sp³-hybridized carbons (Fsp3) is 0.312. The molecular formula is C16H19BrN2OS. The molecule has 0 atom stereocenters. The van der Waals surface area contributed by atoms with E-state index in [1.807, 2.05) is 38.1 Å². The summed E-state index contributed by atoms with van der Waals surface area (Å²) in [5.74, 6) is -0.0263. The number of carbonyl (C=O) groups is 1. The van der Waals surface area contributed by atoms with Crippen LogP contribution in [0.4, 0.5) is 5.69 Å². The predicted molar refractivity (Wildman–Crippen MR) is 93.4 cm³/mol. The van der Waals surface area contributed by atoms with Gasteiger partial charge < -0.3 is 10.6 Å². The van der Waals surface area contributed by atoms with E-state index in [9.17, 15) is 4.79 Å². The van der Waals surface area contributed by atoms with Gasteiger partial charge >= 0.3 is 0 Å². The smallest absolute Gasteiger partial charge is 0.253 e. The number of carbonyl (C=O) groups excluding carboxylic acids is 1. The van der Waals surface area contributed by atoms with Crippen molar-refractivity contribution >= 4 is 38.9 Å². The lowest BCUT2D eigenvalue weighted by Crippen LogP contribution is -2.26. The number of benzene rings is 1. The summed E-state index contributed by atoms with van der Waals surface area (Å²) in [6.07, 6.45) is 0.852. The molecule has 0 fully saturated rings. The van der Waals surface area contributed by atoms with Gasteiger partial charge in [-0.15, -0.1) is 11.3 Å². The van der Waals surface area contributed by atoms with Gasteiger partial charge in [-0.2, -0.15) is 0 Å². The van der Waals surface area contributed by atoms with Crippen molar-refractivity contribution in [3.8, 4) is 0 Å². The van der Waals surface area contributed by atoms with Crippen molar-refractivity contribution in [1.29, 1.82) is 0 Å². The monoisotopic (exact) mass is 366 g/mol. The summed E-state index contributed by atoms with van der Waals surface area (Å²) in [5, 5.41) is 6.23. The Morgan fingerprint density at radius 2 is 2.10 bits per heavy atom. The summed E-state index contributed by atoms with van der Waals surface area (Å²) in [4.78, 5) is 13.6. The highest BCUT2D eigenvalue weighted by molar-refractivity contribution is 9.11. The van der Waals surface area contributed by atoms with Crippen molar-refractivity contribution in [3.63, 3.8) is 0 Å². The van der Waals surface area contributed by atoms with Gasteiger partial charge in [-0.05, 0) is 66.0 Å². The molecule has 0 bridgehead atoms. The Bertz CT molecular complexity index is 624. The lowest BCUT2D eigenvalue weighted by atomic mass is 10.1. The number of thiophene rings is 1. The first kappa shape index (κ1) is 16.0. The number of hydrogen-bond donors (Lipinski definition) is 2. The molecule has 2 N–H and O–H groups in total. The first-order valence-corrected chi connectivity index (χ1v) is 8.58. The molecule has 0 aliphatic carbocycles. The molecule has 0 aliphatic rings. The van der Waals surface area contributed by atoms with Gasteiger partial charge in [0.15, 0.2) is 0 Å². The van der Waals surface area contributed by atoms with Crippen molar-refractivity contribution in [2.24, 2.45) is 0 Å². The van der Waals surface area contributed by atoms with Gasteiger partial charge in [-0.3, -0.25) is 4.79 Å². The number of halogens is 1. The van der Waals surface area contributed by atoms with Crippen molar-refractivity contribution in [2.75, 3.05) is 18.4 Å². The second-order valence-corrected chi connectivity index (χ2v) is 7.34. The molecule has 5 heteroatoms. The molecule has 21 heavy (non-hydrogen) atoms. The number of anilines is 1. The van der Waals surface area contributed by atoms with E-state index in [0.29, 0.717) is 12.1 Å². The number of nitrogens with one attached hydrogen (secondary N) is 2. The SMILES string of the molecule is CCNc1cc(C)ccc1C(=O)NCCc1ccc(Br)s1. The highest BCUT2D eigenvalue weighted by Crippen LogP contribution is 2.22. The topological polar surface area (TPSA) is 41.1 Å². The van der Waals surface area contributed by atoms with Crippen LogP contribution in [0, 0.1) is 6.92 Å². The van der Waals surface area contributed by atoms with E-state index >= 15 is 0 Å². The molecule has 0 saturated heterocycles. The molecule has 1 aromatic carbocycles. The van der Waals surface area contributed by atoms with Crippen LogP contribution in [0.15, 0.2) is 34.1 Å². The van der Waals surface area contributed by atoms with Crippen molar-refractivity contribution in [3.05, 3.63) is 50.1 Å². The highest BCUT2D eigenvalue weighted by Gasteiger charge is 2.10. The lowest BCUT2D eigenvalue weighted by Gasteiger charge is -2.12. The number of rotatable bonds is 6. The van der Waals surface area contributed by atoms with Crippen LogP contribution >= 0.6 is 27.3 Å². The van der Waals surface area contributed by atoms with E-state index in [1.165, 1.54) is 4.88 Å². The van der Waals surface area contributed by atoms with E-state index in [1.54, 1.807) is 11.3 Å². The van der Waals surface area contributed by atoms with Gasteiger partial charge in [-0.25, -0.2) is 0 Å². The average molecular weight is 367 g/mol. The molecule has 1 amide bonds. The maximum Gasteiger partial charge on any atom is 0.253 e. The van der Waals surface area contributed by atoms with Gasteiger partial charge in [0.2, 0.25) is 0 Å².